The van der Waals surface area contributed by atoms with Gasteiger partial charge in [0, 0.05) is 17.1 Å². The third-order valence-electron chi connectivity index (χ3n) is 5.51. The minimum Gasteiger partial charge on any atom is -0.494 e. The fourth-order valence-electron chi connectivity index (χ4n) is 3.62. The van der Waals surface area contributed by atoms with Crippen molar-refractivity contribution >= 4 is 26.5 Å². The molecule has 0 aliphatic carbocycles. The van der Waals surface area contributed by atoms with Crippen molar-refractivity contribution in [2.45, 2.75) is 30.6 Å². The van der Waals surface area contributed by atoms with Gasteiger partial charge >= 0.3 is 0 Å². The van der Waals surface area contributed by atoms with Crippen molar-refractivity contribution in [2.75, 3.05) is 6.61 Å². The van der Waals surface area contributed by atoms with Crippen LogP contribution in [0.25, 0.3) is 10.9 Å². The van der Waals surface area contributed by atoms with E-state index in [9.17, 15) is 17.6 Å². The molecular weight excluding hydrogens is 441 g/mol. The highest BCUT2D eigenvalue weighted by Crippen LogP contribution is 2.33. The van der Waals surface area contributed by atoms with Gasteiger partial charge in [-0.3, -0.25) is 9.78 Å². The number of ether oxygens (including phenoxy) is 1. The number of carbonyl (C=O) groups excluding carboxylic acids is 1. The molecule has 0 aliphatic rings. The molecule has 0 spiro atoms. The van der Waals surface area contributed by atoms with Crippen molar-refractivity contribution < 1.29 is 22.3 Å². The molecule has 1 aromatic heterocycles. The number of hydrogen-bond donors (Lipinski definition) is 0. The molecule has 1 heterocycles. The summed E-state index contributed by atoms with van der Waals surface area (Å²) in [4.78, 5) is 17.4. The quantitative estimate of drug-likeness (QED) is 0.355. The molecule has 7 heteroatoms. The van der Waals surface area contributed by atoms with Gasteiger partial charge in [-0.25, -0.2) is 12.8 Å². The predicted molar refractivity (Wildman–Crippen MR) is 124 cm³/mol. The van der Waals surface area contributed by atoms with E-state index in [-0.39, 0.29) is 31.8 Å². The molecule has 168 valence electrons. The SMILES string of the molecule is CCOc1ccc(C(=O)c2cnc3ccc(F)cc3c2S(=O)(=O)c2ccc(C)c(C)c2)cc1. The summed E-state index contributed by atoms with van der Waals surface area (Å²) in [5.41, 5.74) is 2.16. The van der Waals surface area contributed by atoms with Crippen molar-refractivity contribution in [3.63, 3.8) is 0 Å². The number of pyridine rings is 1. The van der Waals surface area contributed by atoms with Crippen LogP contribution in [-0.4, -0.2) is 25.8 Å². The van der Waals surface area contributed by atoms with Crippen molar-refractivity contribution in [1.29, 1.82) is 0 Å². The number of fused-ring (bicyclic) bond motifs is 1. The van der Waals surface area contributed by atoms with E-state index in [2.05, 4.69) is 4.98 Å². The number of sulfone groups is 1. The molecule has 0 aliphatic heterocycles. The van der Waals surface area contributed by atoms with E-state index in [1.165, 1.54) is 24.4 Å². The molecular formula is C26H22FNO4S. The average molecular weight is 464 g/mol. The summed E-state index contributed by atoms with van der Waals surface area (Å²) in [6.45, 7) is 6.02. The van der Waals surface area contributed by atoms with E-state index in [0.29, 0.717) is 12.4 Å². The second-order valence-electron chi connectivity index (χ2n) is 7.70. The van der Waals surface area contributed by atoms with Gasteiger partial charge in [0.25, 0.3) is 0 Å². The largest absolute Gasteiger partial charge is 0.494 e. The summed E-state index contributed by atoms with van der Waals surface area (Å²) in [6, 6.07) is 14.9. The summed E-state index contributed by atoms with van der Waals surface area (Å²) in [5, 5.41) is 0.0602. The maximum absolute atomic E-state index is 14.2. The highest BCUT2D eigenvalue weighted by Gasteiger charge is 2.29. The highest BCUT2D eigenvalue weighted by atomic mass is 32.2. The Labute approximate surface area is 191 Å². The van der Waals surface area contributed by atoms with Gasteiger partial charge in [0.05, 0.1) is 27.5 Å². The van der Waals surface area contributed by atoms with Crippen LogP contribution in [0.1, 0.15) is 34.0 Å². The summed E-state index contributed by atoms with van der Waals surface area (Å²) in [6.07, 6.45) is 1.24. The molecule has 4 rings (SSSR count). The number of aromatic nitrogens is 1. The topological polar surface area (TPSA) is 73.3 Å². The summed E-state index contributed by atoms with van der Waals surface area (Å²) in [7, 11) is -4.17. The zero-order chi connectivity index (χ0) is 23.8. The molecule has 0 saturated carbocycles. The molecule has 4 aromatic rings. The average Bonchev–Trinajstić information content (AvgIpc) is 2.80. The van der Waals surface area contributed by atoms with Crippen LogP contribution in [0.3, 0.4) is 0 Å². The second kappa shape index (κ2) is 8.75. The molecule has 0 N–H and O–H groups in total. The van der Waals surface area contributed by atoms with Gasteiger partial charge in [-0.05, 0) is 86.5 Å². The Morgan fingerprint density at radius 3 is 2.36 bits per heavy atom. The Kier molecular flexibility index (Phi) is 5.99. The van der Waals surface area contributed by atoms with E-state index in [4.69, 9.17) is 4.74 Å². The van der Waals surface area contributed by atoms with Crippen LogP contribution >= 0.6 is 0 Å². The fraction of sp³-hybridized carbons (Fsp3) is 0.154. The molecule has 33 heavy (non-hydrogen) atoms. The molecule has 0 fully saturated rings. The van der Waals surface area contributed by atoms with Gasteiger partial charge < -0.3 is 4.74 Å². The monoisotopic (exact) mass is 463 g/mol. The van der Waals surface area contributed by atoms with Crippen LogP contribution in [-0.2, 0) is 9.84 Å². The van der Waals surface area contributed by atoms with Crippen LogP contribution in [0.5, 0.6) is 5.75 Å². The molecule has 0 atom stereocenters. The van der Waals surface area contributed by atoms with E-state index in [1.54, 1.807) is 36.4 Å². The molecule has 0 saturated heterocycles. The van der Waals surface area contributed by atoms with Crippen molar-refractivity contribution in [3.05, 3.63) is 94.9 Å². The van der Waals surface area contributed by atoms with Gasteiger partial charge in [0.15, 0.2) is 5.78 Å². The molecule has 3 aromatic carbocycles. The first-order valence-corrected chi connectivity index (χ1v) is 11.9. The number of rotatable bonds is 6. The third-order valence-corrected chi connectivity index (χ3v) is 7.36. The Morgan fingerprint density at radius 2 is 1.70 bits per heavy atom. The minimum absolute atomic E-state index is 0.0307. The Hall–Kier alpha value is -3.58. The van der Waals surface area contributed by atoms with Crippen LogP contribution in [0, 0.1) is 19.7 Å². The lowest BCUT2D eigenvalue weighted by atomic mass is 10.0. The molecule has 0 amide bonds. The first kappa shape index (κ1) is 22.6. The van der Waals surface area contributed by atoms with Crippen LogP contribution in [0.15, 0.2) is 76.7 Å². The minimum atomic E-state index is -4.17. The van der Waals surface area contributed by atoms with E-state index in [1.807, 2.05) is 20.8 Å². The summed E-state index contributed by atoms with van der Waals surface area (Å²) >= 11 is 0. The van der Waals surface area contributed by atoms with Gasteiger partial charge in [0.1, 0.15) is 11.6 Å². The van der Waals surface area contributed by atoms with Crippen molar-refractivity contribution in [1.82, 2.24) is 4.98 Å². The van der Waals surface area contributed by atoms with Crippen LogP contribution < -0.4 is 4.74 Å². The van der Waals surface area contributed by atoms with E-state index in [0.717, 1.165) is 17.2 Å². The molecule has 0 radical (unpaired) electrons. The first-order chi connectivity index (χ1) is 15.7. The number of ketones is 1. The molecule has 5 nitrogen and oxygen atoms in total. The lowest BCUT2D eigenvalue weighted by Crippen LogP contribution is -2.13. The zero-order valence-corrected chi connectivity index (χ0v) is 19.2. The Balaban J connectivity index is 1.97. The second-order valence-corrected chi connectivity index (χ2v) is 9.59. The van der Waals surface area contributed by atoms with Gasteiger partial charge in [-0.1, -0.05) is 6.07 Å². The maximum atomic E-state index is 14.2. The highest BCUT2D eigenvalue weighted by molar-refractivity contribution is 7.91. The van der Waals surface area contributed by atoms with Gasteiger partial charge in [-0.15, -0.1) is 0 Å². The van der Waals surface area contributed by atoms with Gasteiger partial charge in [-0.2, -0.15) is 0 Å². The molecule has 0 bridgehead atoms. The van der Waals surface area contributed by atoms with E-state index < -0.39 is 21.4 Å². The summed E-state index contributed by atoms with van der Waals surface area (Å²) < 4.78 is 47.2. The number of halogens is 1. The number of nitrogens with zero attached hydrogens (tertiary/aromatic N) is 1. The lowest BCUT2D eigenvalue weighted by Gasteiger charge is -2.14. The first-order valence-electron chi connectivity index (χ1n) is 10.4. The lowest BCUT2D eigenvalue weighted by molar-refractivity contribution is 0.103. The van der Waals surface area contributed by atoms with Crippen molar-refractivity contribution in [3.8, 4) is 5.75 Å². The number of hydrogen-bond acceptors (Lipinski definition) is 5. The van der Waals surface area contributed by atoms with Gasteiger partial charge in [0.2, 0.25) is 9.84 Å². The van der Waals surface area contributed by atoms with E-state index >= 15 is 0 Å². The maximum Gasteiger partial charge on any atom is 0.208 e. The third kappa shape index (κ3) is 4.24. The number of aryl methyl sites for hydroxylation is 2. The van der Waals surface area contributed by atoms with Crippen LogP contribution in [0.2, 0.25) is 0 Å². The fourth-order valence-corrected chi connectivity index (χ4v) is 5.32. The standard InChI is InChI=1S/C26H22FNO4S/c1-4-32-20-9-6-18(7-10-20)25(29)23-15-28-24-12-8-19(27)14-22(24)26(23)33(30,31)21-11-5-16(2)17(3)13-21/h5-15H,4H2,1-3H3. The Bertz CT molecular complexity index is 1480. The normalized spacial score (nSPS) is 11.5. The zero-order valence-electron chi connectivity index (χ0n) is 18.4. The smallest absolute Gasteiger partial charge is 0.208 e. The van der Waals surface area contributed by atoms with Crippen molar-refractivity contribution in [2.24, 2.45) is 0 Å². The Morgan fingerprint density at radius 1 is 0.970 bits per heavy atom. The van der Waals surface area contributed by atoms with Crippen LogP contribution in [0.4, 0.5) is 4.39 Å². The summed E-state index contributed by atoms with van der Waals surface area (Å²) in [5.74, 6) is -0.554. The number of benzene rings is 3. The molecule has 0 unspecified atom stereocenters. The predicted octanol–water partition coefficient (Wildman–Crippen LogP) is 5.45. The number of carbonyl (C=O) groups is 1.